The molecule has 0 saturated carbocycles. The quantitative estimate of drug-likeness (QED) is 0.555. The van der Waals surface area contributed by atoms with Crippen molar-refractivity contribution in [2.45, 2.75) is 18.2 Å². The molecule has 3 nitrogen and oxygen atoms in total. The fourth-order valence-electron chi connectivity index (χ4n) is 2.21. The maximum atomic E-state index is 12.2. The number of hydrogen-bond donors (Lipinski definition) is 0. The summed E-state index contributed by atoms with van der Waals surface area (Å²) in [4.78, 5) is 13.9. The van der Waals surface area contributed by atoms with Crippen molar-refractivity contribution < 1.29 is 9.53 Å². The van der Waals surface area contributed by atoms with E-state index in [9.17, 15) is 4.79 Å². The number of benzene rings is 1. The number of alkyl halides is 1. The maximum absolute atomic E-state index is 12.2. The Morgan fingerprint density at radius 3 is 2.90 bits per heavy atom. The molecule has 1 heterocycles. The minimum atomic E-state index is -0.141. The van der Waals surface area contributed by atoms with Crippen LogP contribution in [0.25, 0.3) is 5.70 Å². The van der Waals surface area contributed by atoms with Crippen molar-refractivity contribution >= 4 is 43.5 Å². The van der Waals surface area contributed by atoms with Crippen molar-refractivity contribution in [2.24, 2.45) is 0 Å². The number of terminal acetylenes is 1. The van der Waals surface area contributed by atoms with Gasteiger partial charge in [-0.05, 0) is 47.5 Å². The van der Waals surface area contributed by atoms with Gasteiger partial charge in [0.05, 0.1) is 4.83 Å². The number of carbonyl (C=O) groups excluding carboxylic acids is 1. The summed E-state index contributed by atoms with van der Waals surface area (Å²) >= 11 is 6.95. The largest absolute Gasteiger partial charge is 0.481 e. The van der Waals surface area contributed by atoms with E-state index in [4.69, 9.17) is 11.2 Å². The van der Waals surface area contributed by atoms with Crippen LogP contribution in [0.4, 0.5) is 0 Å². The number of ether oxygens (including phenoxy) is 1. The summed E-state index contributed by atoms with van der Waals surface area (Å²) < 4.78 is 6.27. The fourth-order valence-corrected chi connectivity index (χ4v) is 3.21. The zero-order valence-electron chi connectivity index (χ0n) is 11.6. The molecular weight excluding hydrogens is 398 g/mol. The van der Waals surface area contributed by atoms with E-state index in [1.165, 1.54) is 0 Å². The molecule has 0 bridgehead atoms. The predicted molar refractivity (Wildman–Crippen MR) is 91.2 cm³/mol. The molecule has 0 aromatic heterocycles. The Morgan fingerprint density at radius 2 is 2.29 bits per heavy atom. The minimum absolute atomic E-state index is 0.0922. The number of rotatable bonds is 4. The van der Waals surface area contributed by atoms with Crippen molar-refractivity contribution in [1.82, 2.24) is 4.90 Å². The second kappa shape index (κ2) is 7.15. The highest BCUT2D eigenvalue weighted by atomic mass is 79.9. The van der Waals surface area contributed by atoms with E-state index >= 15 is 0 Å². The van der Waals surface area contributed by atoms with E-state index in [0.29, 0.717) is 18.7 Å². The Balaban J connectivity index is 2.33. The molecule has 0 N–H and O–H groups in total. The molecule has 0 fully saturated rings. The lowest BCUT2D eigenvalue weighted by Gasteiger charge is -2.31. The van der Waals surface area contributed by atoms with E-state index in [2.05, 4.69) is 43.9 Å². The molecule has 1 aliphatic heterocycles. The average molecular weight is 413 g/mol. The molecule has 0 saturated heterocycles. The smallest absolute Gasteiger partial charge is 0.241 e. The first kappa shape index (κ1) is 16.1. The highest BCUT2D eigenvalue weighted by Gasteiger charge is 2.28. The molecule has 1 aliphatic rings. The lowest BCUT2D eigenvalue weighted by atomic mass is 10.0. The number of hydrogen-bond acceptors (Lipinski definition) is 2. The molecule has 0 aliphatic carbocycles. The molecule has 5 heteroatoms. The van der Waals surface area contributed by atoms with Crippen LogP contribution in [0.5, 0.6) is 5.75 Å². The fraction of sp³-hybridized carbons (Fsp3) is 0.312. The van der Waals surface area contributed by atoms with Crippen LogP contribution in [0.2, 0.25) is 0 Å². The van der Waals surface area contributed by atoms with E-state index in [-0.39, 0.29) is 17.3 Å². The van der Waals surface area contributed by atoms with Gasteiger partial charge >= 0.3 is 0 Å². The van der Waals surface area contributed by atoms with E-state index in [1.54, 1.807) is 4.90 Å². The first-order chi connectivity index (χ1) is 10.1. The Hall–Kier alpha value is -1.25. The average Bonchev–Trinajstić information content (AvgIpc) is 2.48. The van der Waals surface area contributed by atoms with Gasteiger partial charge in [0.1, 0.15) is 12.4 Å². The van der Waals surface area contributed by atoms with Crippen LogP contribution in [0.15, 0.2) is 28.7 Å². The number of halogens is 2. The number of nitrogens with zero attached hydrogens (tertiary/aromatic N) is 1. The normalized spacial score (nSPS) is 18.2. The summed E-state index contributed by atoms with van der Waals surface area (Å²) in [5.41, 5.74) is 1.89. The van der Waals surface area contributed by atoms with Gasteiger partial charge in [-0.3, -0.25) is 4.79 Å². The first-order valence-electron chi connectivity index (χ1n) is 6.60. The molecule has 1 aromatic rings. The summed E-state index contributed by atoms with van der Waals surface area (Å²) in [6.45, 7) is 2.84. The molecule has 110 valence electrons. The van der Waals surface area contributed by atoms with Gasteiger partial charge in [-0.25, -0.2) is 0 Å². The first-order valence-corrected chi connectivity index (χ1v) is 8.31. The summed E-state index contributed by atoms with van der Waals surface area (Å²) in [6.07, 6.45) is 7.94. The second-order valence-corrected chi connectivity index (χ2v) is 6.47. The highest BCUT2D eigenvalue weighted by Crippen LogP contribution is 2.34. The molecule has 0 spiro atoms. The summed E-state index contributed by atoms with van der Waals surface area (Å²) in [7, 11) is 0. The predicted octanol–water partition coefficient (Wildman–Crippen LogP) is 3.82. The topological polar surface area (TPSA) is 29.5 Å². The Labute approximate surface area is 141 Å². The summed E-state index contributed by atoms with van der Waals surface area (Å²) in [5.74, 6) is 3.23. The Kier molecular flexibility index (Phi) is 5.49. The third-order valence-corrected chi connectivity index (χ3v) is 4.62. The van der Waals surface area contributed by atoms with Crippen LogP contribution in [0.1, 0.15) is 18.9 Å². The van der Waals surface area contributed by atoms with Crippen LogP contribution in [-0.2, 0) is 4.79 Å². The van der Waals surface area contributed by atoms with Gasteiger partial charge in [0.15, 0.2) is 0 Å². The minimum Gasteiger partial charge on any atom is -0.481 e. The summed E-state index contributed by atoms with van der Waals surface area (Å²) in [6, 6.07) is 5.66. The van der Waals surface area contributed by atoms with Crippen LogP contribution in [-0.4, -0.2) is 28.8 Å². The van der Waals surface area contributed by atoms with Crippen molar-refractivity contribution in [3.63, 3.8) is 0 Å². The van der Waals surface area contributed by atoms with Crippen LogP contribution in [0.3, 0.4) is 0 Å². The zero-order valence-corrected chi connectivity index (χ0v) is 14.8. The van der Waals surface area contributed by atoms with Crippen molar-refractivity contribution in [1.29, 1.82) is 0 Å². The zero-order chi connectivity index (χ0) is 15.4. The van der Waals surface area contributed by atoms with Crippen LogP contribution in [0, 0.1) is 12.3 Å². The number of allylic oxidation sites excluding steroid dienone is 1. The summed E-state index contributed by atoms with van der Waals surface area (Å²) in [5, 5.41) is 0. The van der Waals surface area contributed by atoms with Crippen molar-refractivity contribution in [2.75, 3.05) is 13.2 Å². The monoisotopic (exact) mass is 411 g/mol. The Morgan fingerprint density at radius 1 is 1.52 bits per heavy atom. The molecule has 0 radical (unpaired) electrons. The molecular formula is C16H15Br2NO2. The highest BCUT2D eigenvalue weighted by molar-refractivity contribution is 9.10. The number of carbonyl (C=O) groups is 1. The third kappa shape index (κ3) is 3.50. The van der Waals surface area contributed by atoms with Gasteiger partial charge in [0.25, 0.3) is 0 Å². The molecule has 1 aromatic carbocycles. The SMILES string of the molecule is C#CCOc1ccc(C2=CCC(Br)C(=O)N2CC)c(Br)c1. The number of amides is 1. The lowest BCUT2D eigenvalue weighted by molar-refractivity contribution is -0.127. The van der Waals surface area contributed by atoms with Gasteiger partial charge in [-0.15, -0.1) is 6.42 Å². The lowest BCUT2D eigenvalue weighted by Crippen LogP contribution is -2.38. The second-order valence-electron chi connectivity index (χ2n) is 4.51. The van der Waals surface area contributed by atoms with Gasteiger partial charge in [0.2, 0.25) is 5.91 Å². The standard InChI is InChI=1S/C16H15Br2NO2/c1-3-9-21-11-5-6-12(14(18)10-11)15-8-7-13(17)16(20)19(15)4-2/h1,5-6,8,10,13H,4,7,9H2,2H3. The molecule has 1 atom stereocenters. The van der Waals surface area contributed by atoms with E-state index in [1.807, 2.05) is 25.1 Å². The van der Waals surface area contributed by atoms with Crippen molar-refractivity contribution in [3.8, 4) is 18.1 Å². The van der Waals surface area contributed by atoms with E-state index in [0.717, 1.165) is 15.7 Å². The van der Waals surface area contributed by atoms with Crippen molar-refractivity contribution in [3.05, 3.63) is 34.3 Å². The van der Waals surface area contributed by atoms with Crippen LogP contribution < -0.4 is 4.74 Å². The van der Waals surface area contributed by atoms with Gasteiger partial charge in [-0.2, -0.15) is 0 Å². The van der Waals surface area contributed by atoms with E-state index < -0.39 is 0 Å². The third-order valence-electron chi connectivity index (χ3n) is 3.20. The van der Waals surface area contributed by atoms with Crippen LogP contribution >= 0.6 is 31.9 Å². The maximum Gasteiger partial charge on any atom is 0.241 e. The van der Waals surface area contributed by atoms with Gasteiger partial charge in [0, 0.05) is 22.3 Å². The molecule has 2 rings (SSSR count). The molecule has 1 amide bonds. The van der Waals surface area contributed by atoms with Gasteiger partial charge in [-0.1, -0.05) is 27.9 Å². The van der Waals surface area contributed by atoms with Gasteiger partial charge < -0.3 is 9.64 Å². The Bertz CT molecular complexity index is 619. The molecule has 1 unspecified atom stereocenters. The molecule has 21 heavy (non-hydrogen) atoms.